The summed E-state index contributed by atoms with van der Waals surface area (Å²) in [6.45, 7) is 2.36. The van der Waals surface area contributed by atoms with E-state index in [1.54, 1.807) is 36.4 Å². The molecular formula is C31H35ClN4O4. The first kappa shape index (κ1) is 29.3. The lowest BCUT2D eigenvalue weighted by Gasteiger charge is -2.37. The third-order valence-electron chi connectivity index (χ3n) is 7.19. The molecule has 1 aliphatic rings. The predicted octanol–water partition coefficient (Wildman–Crippen LogP) is 3.83. The Morgan fingerprint density at radius 3 is 2.42 bits per heavy atom. The van der Waals surface area contributed by atoms with Crippen molar-refractivity contribution in [2.45, 2.75) is 57.5 Å². The van der Waals surface area contributed by atoms with E-state index < -0.39 is 18.3 Å². The molecule has 0 saturated heterocycles. The van der Waals surface area contributed by atoms with Crippen LogP contribution in [0.2, 0.25) is 5.02 Å². The number of Topliss-reactive ketones (excluding diaryl/α,β-unsaturated/α-hetero) is 1. The van der Waals surface area contributed by atoms with E-state index >= 15 is 0 Å². The van der Waals surface area contributed by atoms with Gasteiger partial charge in [-0.15, -0.1) is 0 Å². The normalized spacial score (nSPS) is 16.0. The molecule has 0 fully saturated rings. The molecule has 1 aliphatic heterocycles. The molecule has 2 amide bonds. The molecule has 0 aromatic heterocycles. The highest BCUT2D eigenvalue weighted by Gasteiger charge is 2.36. The fraction of sp³-hybridized carbons (Fsp3) is 0.323. The first-order chi connectivity index (χ1) is 19.3. The molecule has 1 unspecified atom stereocenters. The van der Waals surface area contributed by atoms with Crippen LogP contribution in [0.15, 0.2) is 72.8 Å². The fourth-order valence-electron chi connectivity index (χ4n) is 4.93. The summed E-state index contributed by atoms with van der Waals surface area (Å²) >= 11 is 6.12. The first-order valence-corrected chi connectivity index (χ1v) is 13.8. The van der Waals surface area contributed by atoms with Crippen molar-refractivity contribution >= 4 is 34.9 Å². The van der Waals surface area contributed by atoms with Crippen LogP contribution in [0.5, 0.6) is 0 Å². The van der Waals surface area contributed by atoms with Crippen LogP contribution in [0.3, 0.4) is 0 Å². The molecule has 8 nitrogen and oxygen atoms in total. The number of carbonyl (C=O) groups is 3. The molecule has 3 aromatic rings. The Morgan fingerprint density at radius 1 is 1.02 bits per heavy atom. The lowest BCUT2D eigenvalue weighted by Crippen LogP contribution is -2.57. The number of nitrogens with zero attached hydrogens (tertiary/aromatic N) is 1. The number of nitrogens with two attached hydrogens (primary N) is 1. The summed E-state index contributed by atoms with van der Waals surface area (Å²) in [5.74, 6) is -0.782. The van der Waals surface area contributed by atoms with Crippen LogP contribution < -0.4 is 16.4 Å². The van der Waals surface area contributed by atoms with Gasteiger partial charge in [-0.1, -0.05) is 66.2 Å². The average molecular weight is 563 g/mol. The SMILES string of the molecule is Cc1cc(NC(O)[C@H](CCN)NC(=O)[C@@H]2Cc3ccccc3CN2C(=O)CCC(=O)c2ccccc2)ccc1Cl. The molecular weight excluding hydrogens is 528 g/mol. The Morgan fingerprint density at radius 2 is 1.73 bits per heavy atom. The largest absolute Gasteiger partial charge is 0.372 e. The standard InChI is InChI=1S/C31H35ClN4O4/c1-20-17-24(11-12-25(20)32)34-30(39)26(15-16-33)35-31(40)27-18-22-9-5-6-10-23(22)19-36(27)29(38)14-13-28(37)21-7-3-2-4-8-21/h2-12,17,26-27,30,34,39H,13-16,18-19,33H2,1H3,(H,35,40)/t26-,27-,30?/m0/s1. The second-order valence-corrected chi connectivity index (χ2v) is 10.5. The molecule has 5 N–H and O–H groups in total. The molecule has 1 heterocycles. The number of fused-ring (bicyclic) bond motifs is 1. The number of halogens is 1. The van der Waals surface area contributed by atoms with Crippen molar-refractivity contribution < 1.29 is 19.5 Å². The number of ketones is 1. The van der Waals surface area contributed by atoms with Crippen LogP contribution >= 0.6 is 11.6 Å². The van der Waals surface area contributed by atoms with Crippen molar-refractivity contribution in [2.75, 3.05) is 11.9 Å². The first-order valence-electron chi connectivity index (χ1n) is 13.4. The van der Waals surface area contributed by atoms with Gasteiger partial charge in [-0.2, -0.15) is 0 Å². The number of benzene rings is 3. The summed E-state index contributed by atoms with van der Waals surface area (Å²) in [6.07, 6.45) is -0.442. The third kappa shape index (κ3) is 7.27. The van der Waals surface area contributed by atoms with Gasteiger partial charge in [0.25, 0.3) is 0 Å². The summed E-state index contributed by atoms with van der Waals surface area (Å²) in [5, 5.41) is 17.5. The van der Waals surface area contributed by atoms with Gasteiger partial charge in [-0.25, -0.2) is 0 Å². The number of aliphatic hydroxyl groups is 1. The molecule has 4 rings (SSSR count). The molecule has 0 aliphatic carbocycles. The Bertz CT molecular complexity index is 1350. The molecule has 9 heteroatoms. The maximum atomic E-state index is 13.7. The number of nitrogens with one attached hydrogen (secondary N) is 2. The number of amides is 2. The molecule has 3 aromatic carbocycles. The zero-order valence-corrected chi connectivity index (χ0v) is 23.2. The minimum absolute atomic E-state index is 0.00794. The van der Waals surface area contributed by atoms with E-state index in [2.05, 4.69) is 10.6 Å². The molecule has 210 valence electrons. The van der Waals surface area contributed by atoms with Gasteiger partial charge in [0, 0.05) is 42.1 Å². The summed E-state index contributed by atoms with van der Waals surface area (Å²) in [4.78, 5) is 41.2. The zero-order chi connectivity index (χ0) is 28.6. The van der Waals surface area contributed by atoms with Gasteiger partial charge in [0.15, 0.2) is 5.78 Å². The number of aliphatic hydroxyl groups excluding tert-OH is 1. The van der Waals surface area contributed by atoms with Crippen LogP contribution in [0.25, 0.3) is 0 Å². The van der Waals surface area contributed by atoms with E-state index in [0.29, 0.717) is 29.1 Å². The van der Waals surface area contributed by atoms with Gasteiger partial charge in [0.2, 0.25) is 11.8 Å². The van der Waals surface area contributed by atoms with Crippen molar-refractivity contribution in [3.63, 3.8) is 0 Å². The van der Waals surface area contributed by atoms with Crippen LogP contribution in [-0.2, 0) is 22.6 Å². The van der Waals surface area contributed by atoms with Gasteiger partial charge in [-0.3, -0.25) is 14.4 Å². The lowest BCUT2D eigenvalue weighted by atomic mass is 9.92. The Hall–Kier alpha value is -3.72. The molecule has 3 atom stereocenters. The Balaban J connectivity index is 1.48. The Kier molecular flexibility index (Phi) is 9.93. The number of aryl methyl sites for hydroxylation is 1. The Labute approximate surface area is 239 Å². The second-order valence-electron chi connectivity index (χ2n) is 10.0. The maximum Gasteiger partial charge on any atom is 0.243 e. The van der Waals surface area contributed by atoms with Crippen LogP contribution in [0.1, 0.15) is 46.3 Å². The van der Waals surface area contributed by atoms with Crippen LogP contribution in [0.4, 0.5) is 5.69 Å². The maximum absolute atomic E-state index is 13.7. The van der Waals surface area contributed by atoms with E-state index in [-0.39, 0.29) is 43.5 Å². The quantitative estimate of drug-likeness (QED) is 0.208. The summed E-state index contributed by atoms with van der Waals surface area (Å²) in [5.41, 5.74) is 9.81. The molecule has 0 saturated carbocycles. The minimum atomic E-state index is -1.13. The van der Waals surface area contributed by atoms with E-state index in [9.17, 15) is 19.5 Å². The van der Waals surface area contributed by atoms with Gasteiger partial charge >= 0.3 is 0 Å². The van der Waals surface area contributed by atoms with Crippen molar-refractivity contribution in [3.05, 3.63) is 100 Å². The summed E-state index contributed by atoms with van der Waals surface area (Å²) in [6, 6.07) is 20.3. The van der Waals surface area contributed by atoms with Crippen LogP contribution in [0, 0.1) is 6.92 Å². The average Bonchev–Trinajstić information content (AvgIpc) is 2.97. The summed E-state index contributed by atoms with van der Waals surface area (Å²) in [7, 11) is 0. The predicted molar refractivity (Wildman–Crippen MR) is 156 cm³/mol. The smallest absolute Gasteiger partial charge is 0.243 e. The number of hydrogen-bond donors (Lipinski definition) is 4. The van der Waals surface area contributed by atoms with Crippen molar-refractivity contribution in [1.82, 2.24) is 10.2 Å². The van der Waals surface area contributed by atoms with Crippen molar-refractivity contribution in [2.24, 2.45) is 5.73 Å². The van der Waals surface area contributed by atoms with Gasteiger partial charge in [0.05, 0.1) is 6.04 Å². The van der Waals surface area contributed by atoms with Gasteiger partial charge in [-0.05, 0) is 54.8 Å². The lowest BCUT2D eigenvalue weighted by molar-refractivity contribution is -0.142. The summed E-state index contributed by atoms with van der Waals surface area (Å²) < 4.78 is 0. The van der Waals surface area contributed by atoms with Gasteiger partial charge < -0.3 is 26.4 Å². The van der Waals surface area contributed by atoms with E-state index in [1.807, 2.05) is 43.3 Å². The zero-order valence-electron chi connectivity index (χ0n) is 22.5. The van der Waals surface area contributed by atoms with Crippen molar-refractivity contribution in [3.8, 4) is 0 Å². The van der Waals surface area contributed by atoms with Crippen molar-refractivity contribution in [1.29, 1.82) is 0 Å². The monoisotopic (exact) mass is 562 g/mol. The number of carbonyl (C=O) groups excluding carboxylic acids is 3. The molecule has 0 radical (unpaired) electrons. The van der Waals surface area contributed by atoms with Crippen LogP contribution in [-0.4, -0.2) is 52.5 Å². The number of rotatable bonds is 11. The highest BCUT2D eigenvalue weighted by molar-refractivity contribution is 6.31. The molecule has 40 heavy (non-hydrogen) atoms. The number of anilines is 1. The third-order valence-corrected chi connectivity index (χ3v) is 7.62. The highest BCUT2D eigenvalue weighted by atomic mass is 35.5. The van der Waals surface area contributed by atoms with E-state index in [4.69, 9.17) is 17.3 Å². The molecule has 0 bridgehead atoms. The molecule has 0 spiro atoms. The fourth-order valence-corrected chi connectivity index (χ4v) is 5.04. The minimum Gasteiger partial charge on any atom is -0.372 e. The van der Waals surface area contributed by atoms with E-state index in [1.165, 1.54) is 4.90 Å². The second kappa shape index (κ2) is 13.6. The topological polar surface area (TPSA) is 125 Å². The van der Waals surface area contributed by atoms with Gasteiger partial charge in [0.1, 0.15) is 12.3 Å². The van der Waals surface area contributed by atoms with E-state index in [0.717, 1.165) is 16.7 Å². The number of hydrogen-bond acceptors (Lipinski definition) is 6. The highest BCUT2D eigenvalue weighted by Crippen LogP contribution is 2.25.